The van der Waals surface area contributed by atoms with Gasteiger partial charge in [0.25, 0.3) is 0 Å². The van der Waals surface area contributed by atoms with Crippen LogP contribution in [0.3, 0.4) is 0 Å². The van der Waals surface area contributed by atoms with E-state index < -0.39 is 6.10 Å². The summed E-state index contributed by atoms with van der Waals surface area (Å²) in [6, 6.07) is 3.72. The largest absolute Gasteiger partial charge is 0.395 e. The molecule has 0 fully saturated rings. The van der Waals surface area contributed by atoms with Crippen molar-refractivity contribution in [2.45, 2.75) is 31.9 Å². The molecule has 1 aromatic rings. The summed E-state index contributed by atoms with van der Waals surface area (Å²) in [7, 11) is 0. The molecule has 0 aliphatic heterocycles. The molecule has 0 aromatic carbocycles. The van der Waals surface area contributed by atoms with Crippen LogP contribution < -0.4 is 11.5 Å². The second-order valence-corrected chi connectivity index (χ2v) is 5.10. The van der Waals surface area contributed by atoms with Gasteiger partial charge in [-0.3, -0.25) is 4.90 Å². The Morgan fingerprint density at radius 1 is 1.40 bits per heavy atom. The topological polar surface area (TPSA) is 109 Å². The minimum atomic E-state index is -0.460. The summed E-state index contributed by atoms with van der Waals surface area (Å²) in [5.41, 5.74) is 12.1. The molecule has 1 unspecified atom stereocenters. The number of rotatable bonds is 9. The first-order chi connectivity index (χ1) is 9.56. The Hall–Kier alpha value is -1.21. The lowest BCUT2D eigenvalue weighted by molar-refractivity contribution is 0.0665. The molecule has 0 spiro atoms. The molecule has 1 aromatic heterocycles. The summed E-state index contributed by atoms with van der Waals surface area (Å²) in [5.74, 6) is 0.507. The summed E-state index contributed by atoms with van der Waals surface area (Å²) in [6.45, 7) is 3.73. The molecule has 0 amide bonds. The minimum Gasteiger partial charge on any atom is -0.395 e. The van der Waals surface area contributed by atoms with Crippen molar-refractivity contribution in [3.8, 4) is 0 Å². The zero-order valence-corrected chi connectivity index (χ0v) is 12.1. The molecule has 114 valence electrons. The van der Waals surface area contributed by atoms with Crippen molar-refractivity contribution >= 4 is 5.82 Å². The fourth-order valence-corrected chi connectivity index (χ4v) is 2.02. The molecule has 1 rings (SSSR count). The number of anilines is 1. The van der Waals surface area contributed by atoms with E-state index in [0.29, 0.717) is 25.3 Å². The molecule has 0 saturated heterocycles. The highest BCUT2D eigenvalue weighted by molar-refractivity contribution is 5.29. The van der Waals surface area contributed by atoms with Crippen LogP contribution in [0.15, 0.2) is 18.3 Å². The first-order valence-electron chi connectivity index (χ1n) is 7.00. The molecular formula is C14H26N4O2. The van der Waals surface area contributed by atoms with Crippen LogP contribution in [0.5, 0.6) is 0 Å². The predicted molar refractivity (Wildman–Crippen MR) is 80.2 cm³/mol. The molecular weight excluding hydrogens is 256 g/mol. The van der Waals surface area contributed by atoms with Crippen LogP contribution >= 0.6 is 0 Å². The maximum absolute atomic E-state index is 9.87. The maximum Gasteiger partial charge on any atom is 0.123 e. The summed E-state index contributed by atoms with van der Waals surface area (Å²) >= 11 is 0. The molecule has 0 aliphatic rings. The number of nitrogens with two attached hydrogens (primary N) is 2. The molecule has 6 heteroatoms. The molecule has 20 heavy (non-hydrogen) atoms. The van der Waals surface area contributed by atoms with Crippen LogP contribution in [0.25, 0.3) is 0 Å². The molecule has 0 saturated carbocycles. The molecule has 0 aliphatic carbocycles. The quantitative estimate of drug-likeness (QED) is 0.491. The van der Waals surface area contributed by atoms with Gasteiger partial charge in [0.1, 0.15) is 5.82 Å². The van der Waals surface area contributed by atoms with Crippen LogP contribution in [0, 0.1) is 0 Å². The Morgan fingerprint density at radius 3 is 2.70 bits per heavy atom. The van der Waals surface area contributed by atoms with Gasteiger partial charge in [0, 0.05) is 25.3 Å². The number of pyridine rings is 1. The van der Waals surface area contributed by atoms with Crippen molar-refractivity contribution in [2.75, 3.05) is 32.0 Å². The van der Waals surface area contributed by atoms with Crippen molar-refractivity contribution in [3.05, 3.63) is 23.9 Å². The van der Waals surface area contributed by atoms with E-state index in [1.807, 2.05) is 13.0 Å². The summed E-state index contributed by atoms with van der Waals surface area (Å²) < 4.78 is 0. The van der Waals surface area contributed by atoms with Gasteiger partial charge in [0.15, 0.2) is 0 Å². The number of aromatic nitrogens is 1. The van der Waals surface area contributed by atoms with E-state index in [2.05, 4.69) is 9.88 Å². The van der Waals surface area contributed by atoms with Crippen molar-refractivity contribution in [3.63, 3.8) is 0 Å². The summed E-state index contributed by atoms with van der Waals surface area (Å²) in [5, 5.41) is 19.2. The number of aliphatic hydroxyl groups is 2. The lowest BCUT2D eigenvalue weighted by Gasteiger charge is -2.29. The Kier molecular flexibility index (Phi) is 7.46. The van der Waals surface area contributed by atoms with E-state index in [4.69, 9.17) is 11.5 Å². The highest BCUT2D eigenvalue weighted by atomic mass is 16.3. The van der Waals surface area contributed by atoms with Gasteiger partial charge in [-0.25, -0.2) is 4.98 Å². The molecule has 6 nitrogen and oxygen atoms in total. The van der Waals surface area contributed by atoms with Gasteiger partial charge in [-0.05, 0) is 37.9 Å². The van der Waals surface area contributed by atoms with Gasteiger partial charge in [-0.1, -0.05) is 6.07 Å². The normalized spacial score (nSPS) is 14.4. The second kappa shape index (κ2) is 8.86. The zero-order valence-electron chi connectivity index (χ0n) is 12.1. The molecule has 0 bridgehead atoms. The Bertz CT molecular complexity index is 372. The number of nitrogens with zero attached hydrogens (tertiary/aromatic N) is 2. The van der Waals surface area contributed by atoms with E-state index in [9.17, 15) is 10.2 Å². The van der Waals surface area contributed by atoms with Crippen molar-refractivity contribution in [2.24, 2.45) is 5.73 Å². The van der Waals surface area contributed by atoms with Gasteiger partial charge >= 0.3 is 0 Å². The lowest BCUT2D eigenvalue weighted by Crippen LogP contribution is -2.42. The highest BCUT2D eigenvalue weighted by Crippen LogP contribution is 2.07. The maximum atomic E-state index is 9.87. The highest BCUT2D eigenvalue weighted by Gasteiger charge is 2.16. The van der Waals surface area contributed by atoms with E-state index in [1.54, 1.807) is 12.3 Å². The third-order valence-corrected chi connectivity index (χ3v) is 3.37. The SMILES string of the molecule is C[C@@H](CO)N(CCc1ccc(N)nc1)CC(O)CCN. The lowest BCUT2D eigenvalue weighted by atomic mass is 10.1. The van der Waals surface area contributed by atoms with Crippen LogP contribution in [0.2, 0.25) is 0 Å². The average Bonchev–Trinajstić information content (AvgIpc) is 2.44. The van der Waals surface area contributed by atoms with E-state index in [-0.39, 0.29) is 12.6 Å². The monoisotopic (exact) mass is 282 g/mol. The van der Waals surface area contributed by atoms with Crippen molar-refractivity contribution < 1.29 is 10.2 Å². The average molecular weight is 282 g/mol. The van der Waals surface area contributed by atoms with Gasteiger partial charge in [0.05, 0.1) is 12.7 Å². The van der Waals surface area contributed by atoms with Crippen molar-refractivity contribution in [1.82, 2.24) is 9.88 Å². The van der Waals surface area contributed by atoms with E-state index in [0.717, 1.165) is 18.5 Å². The zero-order chi connectivity index (χ0) is 15.0. The van der Waals surface area contributed by atoms with Crippen LogP contribution in [0.4, 0.5) is 5.82 Å². The van der Waals surface area contributed by atoms with Gasteiger partial charge < -0.3 is 21.7 Å². The third-order valence-electron chi connectivity index (χ3n) is 3.37. The fourth-order valence-electron chi connectivity index (χ4n) is 2.02. The van der Waals surface area contributed by atoms with Crippen LogP contribution in [0.1, 0.15) is 18.9 Å². The number of nitrogen functional groups attached to an aromatic ring is 1. The van der Waals surface area contributed by atoms with Crippen LogP contribution in [-0.2, 0) is 6.42 Å². The second-order valence-electron chi connectivity index (χ2n) is 5.10. The smallest absolute Gasteiger partial charge is 0.123 e. The first-order valence-corrected chi connectivity index (χ1v) is 7.00. The van der Waals surface area contributed by atoms with E-state index >= 15 is 0 Å². The Morgan fingerprint density at radius 2 is 2.15 bits per heavy atom. The molecule has 0 radical (unpaired) electrons. The van der Waals surface area contributed by atoms with Gasteiger partial charge in [-0.2, -0.15) is 0 Å². The Balaban J connectivity index is 2.53. The first kappa shape index (κ1) is 16.8. The van der Waals surface area contributed by atoms with Crippen molar-refractivity contribution in [1.29, 1.82) is 0 Å². The minimum absolute atomic E-state index is 0.00386. The van der Waals surface area contributed by atoms with E-state index in [1.165, 1.54) is 0 Å². The van der Waals surface area contributed by atoms with Gasteiger partial charge in [-0.15, -0.1) is 0 Å². The standard InChI is InChI=1S/C14H26N4O2/c1-11(10-19)18(9-13(20)4-6-15)7-5-12-2-3-14(16)17-8-12/h2-3,8,11,13,19-20H,4-7,9-10,15H2,1H3,(H2,16,17)/t11-,13?/m0/s1. The predicted octanol–water partition coefficient (Wildman–Crippen LogP) is -0.401. The van der Waals surface area contributed by atoms with Crippen LogP contribution in [-0.4, -0.2) is 58.5 Å². The molecule has 1 heterocycles. The number of aliphatic hydroxyl groups excluding tert-OH is 2. The molecule has 6 N–H and O–H groups in total. The number of hydrogen-bond donors (Lipinski definition) is 4. The Labute approximate surface area is 120 Å². The number of hydrogen-bond acceptors (Lipinski definition) is 6. The summed E-state index contributed by atoms with van der Waals surface area (Å²) in [4.78, 5) is 6.12. The van der Waals surface area contributed by atoms with Gasteiger partial charge in [0.2, 0.25) is 0 Å². The molecule has 2 atom stereocenters. The fraction of sp³-hybridized carbons (Fsp3) is 0.643. The third kappa shape index (κ3) is 5.83. The summed E-state index contributed by atoms with van der Waals surface area (Å²) in [6.07, 6.45) is 2.66.